The normalized spacial score (nSPS) is 14.6. The summed E-state index contributed by atoms with van der Waals surface area (Å²) in [4.78, 5) is 11.5. The predicted molar refractivity (Wildman–Crippen MR) is 55.2 cm³/mol. The van der Waals surface area contributed by atoms with Crippen molar-refractivity contribution in [3.8, 4) is 11.5 Å². The fourth-order valence-electron chi connectivity index (χ4n) is 1.21. The highest BCUT2D eigenvalue weighted by Crippen LogP contribution is 2.32. The lowest BCUT2D eigenvalue weighted by atomic mass is 10.2. The molecule has 1 amide bonds. The number of carbonyl (C=O) groups is 1. The van der Waals surface area contributed by atoms with Crippen molar-refractivity contribution in [3.05, 3.63) is 23.8 Å². The average molecular weight is 243 g/mol. The summed E-state index contributed by atoms with van der Waals surface area (Å²) in [5, 5.41) is 0. The fourth-order valence-corrected chi connectivity index (χ4v) is 1.57. The number of hydrogen-bond donors (Lipinski definition) is 1. The summed E-state index contributed by atoms with van der Waals surface area (Å²) in [6.07, 6.45) is 0. The van der Waals surface area contributed by atoms with Crippen molar-refractivity contribution in [1.29, 1.82) is 0 Å². The Kier molecular flexibility index (Phi) is 3.07. The van der Waals surface area contributed by atoms with E-state index < -0.39 is 17.2 Å². The van der Waals surface area contributed by atoms with Crippen molar-refractivity contribution in [2.24, 2.45) is 0 Å². The quantitative estimate of drug-likeness (QED) is 0.830. The van der Waals surface area contributed by atoms with Crippen molar-refractivity contribution >= 4 is 17.2 Å². The SMILES string of the molecule is COS(=O)NC(=O)c1ccc2c(c1)OCO2. The third-order valence-corrected chi connectivity index (χ3v) is 2.62. The molecule has 0 saturated carbocycles. The van der Waals surface area contributed by atoms with Gasteiger partial charge in [0.25, 0.3) is 17.2 Å². The maximum absolute atomic E-state index is 11.5. The van der Waals surface area contributed by atoms with Crippen LogP contribution in [0.3, 0.4) is 0 Å². The molecule has 2 rings (SSSR count). The maximum Gasteiger partial charge on any atom is 0.264 e. The standard InChI is InChI=1S/C9H9NO5S/c1-13-16(12)10-9(11)6-2-3-7-8(4-6)15-5-14-7/h2-4H,5H2,1H3,(H,10,11). The van der Waals surface area contributed by atoms with Crippen LogP contribution in [0.25, 0.3) is 0 Å². The molecule has 0 aromatic heterocycles. The van der Waals surface area contributed by atoms with E-state index in [1.165, 1.54) is 13.2 Å². The van der Waals surface area contributed by atoms with Crippen LogP contribution in [0.5, 0.6) is 11.5 Å². The van der Waals surface area contributed by atoms with Crippen LogP contribution in [0.4, 0.5) is 0 Å². The molecule has 0 fully saturated rings. The van der Waals surface area contributed by atoms with Gasteiger partial charge in [-0.3, -0.25) is 8.98 Å². The first-order valence-corrected chi connectivity index (χ1v) is 5.45. The minimum Gasteiger partial charge on any atom is -0.454 e. The Morgan fingerprint density at radius 1 is 1.44 bits per heavy atom. The van der Waals surface area contributed by atoms with Gasteiger partial charge in [0.1, 0.15) is 0 Å². The van der Waals surface area contributed by atoms with Crippen molar-refractivity contribution in [2.45, 2.75) is 0 Å². The number of carbonyl (C=O) groups excluding carboxylic acids is 1. The van der Waals surface area contributed by atoms with Gasteiger partial charge >= 0.3 is 0 Å². The molecule has 1 aromatic carbocycles. The third kappa shape index (κ3) is 2.15. The van der Waals surface area contributed by atoms with E-state index in [9.17, 15) is 9.00 Å². The number of rotatable bonds is 3. The summed E-state index contributed by atoms with van der Waals surface area (Å²) in [6.45, 7) is 0.143. The van der Waals surface area contributed by atoms with Crippen LogP contribution in [0.1, 0.15) is 10.4 Å². The number of ether oxygens (including phenoxy) is 2. The van der Waals surface area contributed by atoms with Gasteiger partial charge in [-0.2, -0.15) is 0 Å². The average Bonchev–Trinajstić information content (AvgIpc) is 2.75. The first kappa shape index (κ1) is 10.9. The molecule has 0 aliphatic carbocycles. The number of fused-ring (bicyclic) bond motifs is 1. The lowest BCUT2D eigenvalue weighted by molar-refractivity contribution is 0.0979. The first-order chi connectivity index (χ1) is 7.70. The fraction of sp³-hybridized carbons (Fsp3) is 0.222. The Hall–Kier alpha value is -1.60. The lowest BCUT2D eigenvalue weighted by Crippen LogP contribution is -2.26. The summed E-state index contributed by atoms with van der Waals surface area (Å²) in [7, 11) is 1.23. The van der Waals surface area contributed by atoms with Gasteiger partial charge < -0.3 is 9.47 Å². The van der Waals surface area contributed by atoms with Gasteiger partial charge in [-0.25, -0.2) is 8.93 Å². The van der Waals surface area contributed by atoms with Crippen LogP contribution >= 0.6 is 0 Å². The van der Waals surface area contributed by atoms with Crippen LogP contribution in [-0.4, -0.2) is 24.0 Å². The molecule has 1 unspecified atom stereocenters. The van der Waals surface area contributed by atoms with Crippen LogP contribution in [0.2, 0.25) is 0 Å². The molecule has 0 radical (unpaired) electrons. The summed E-state index contributed by atoms with van der Waals surface area (Å²) in [5.41, 5.74) is 0.328. The Bertz CT molecular complexity index is 448. The molecule has 0 bridgehead atoms. The van der Waals surface area contributed by atoms with Crippen molar-refractivity contribution < 1.29 is 22.7 Å². The second-order valence-electron chi connectivity index (χ2n) is 2.90. The van der Waals surface area contributed by atoms with E-state index in [-0.39, 0.29) is 6.79 Å². The van der Waals surface area contributed by atoms with Crippen molar-refractivity contribution in [3.63, 3.8) is 0 Å². The summed E-state index contributed by atoms with van der Waals surface area (Å²) < 4.78 is 27.7. The van der Waals surface area contributed by atoms with Crippen LogP contribution in [-0.2, 0) is 15.4 Å². The van der Waals surface area contributed by atoms with Gasteiger partial charge in [0.2, 0.25) is 6.79 Å². The zero-order valence-electron chi connectivity index (χ0n) is 8.39. The summed E-state index contributed by atoms with van der Waals surface area (Å²) >= 11 is -1.83. The molecular weight excluding hydrogens is 234 g/mol. The van der Waals surface area contributed by atoms with Gasteiger partial charge in [-0.05, 0) is 18.2 Å². The number of amides is 1. The second kappa shape index (κ2) is 4.50. The third-order valence-electron chi connectivity index (χ3n) is 1.96. The molecule has 1 atom stereocenters. The monoisotopic (exact) mass is 243 g/mol. The van der Waals surface area contributed by atoms with E-state index in [0.29, 0.717) is 17.1 Å². The number of benzene rings is 1. The Morgan fingerprint density at radius 2 is 2.19 bits per heavy atom. The van der Waals surface area contributed by atoms with E-state index in [1.807, 2.05) is 0 Å². The molecule has 7 heteroatoms. The summed E-state index contributed by atoms with van der Waals surface area (Å²) in [6, 6.07) is 4.69. The molecule has 0 saturated heterocycles. The van der Waals surface area contributed by atoms with Gasteiger partial charge in [0.05, 0.1) is 7.11 Å². The molecule has 1 heterocycles. The van der Waals surface area contributed by atoms with Gasteiger partial charge in [0, 0.05) is 5.56 Å². The van der Waals surface area contributed by atoms with E-state index >= 15 is 0 Å². The van der Waals surface area contributed by atoms with Crippen LogP contribution < -0.4 is 14.2 Å². The van der Waals surface area contributed by atoms with E-state index in [0.717, 1.165) is 0 Å². The molecule has 86 valence electrons. The molecule has 6 nitrogen and oxygen atoms in total. The van der Waals surface area contributed by atoms with Gasteiger partial charge in [-0.15, -0.1) is 0 Å². The molecule has 0 spiro atoms. The number of nitrogens with one attached hydrogen (secondary N) is 1. The van der Waals surface area contributed by atoms with Crippen molar-refractivity contribution in [1.82, 2.24) is 4.72 Å². The topological polar surface area (TPSA) is 73.9 Å². The van der Waals surface area contributed by atoms with Crippen LogP contribution in [0, 0.1) is 0 Å². The minimum atomic E-state index is -1.83. The molecule has 1 aliphatic rings. The maximum atomic E-state index is 11.5. The molecule has 1 aliphatic heterocycles. The highest BCUT2D eigenvalue weighted by Gasteiger charge is 2.16. The van der Waals surface area contributed by atoms with E-state index in [4.69, 9.17) is 9.47 Å². The molecule has 1 N–H and O–H groups in total. The van der Waals surface area contributed by atoms with Crippen molar-refractivity contribution in [2.75, 3.05) is 13.9 Å². The predicted octanol–water partition coefficient (Wildman–Crippen LogP) is 0.370. The van der Waals surface area contributed by atoms with Gasteiger partial charge in [0.15, 0.2) is 11.5 Å². The Balaban J connectivity index is 2.15. The Labute approximate surface area is 94.3 Å². The zero-order chi connectivity index (χ0) is 11.5. The van der Waals surface area contributed by atoms with E-state index in [1.54, 1.807) is 12.1 Å². The number of hydrogen-bond acceptors (Lipinski definition) is 5. The highest BCUT2D eigenvalue weighted by atomic mass is 32.2. The van der Waals surface area contributed by atoms with Crippen LogP contribution in [0.15, 0.2) is 18.2 Å². The second-order valence-corrected chi connectivity index (χ2v) is 3.91. The van der Waals surface area contributed by atoms with E-state index in [2.05, 4.69) is 8.91 Å². The van der Waals surface area contributed by atoms with Gasteiger partial charge in [-0.1, -0.05) is 0 Å². The highest BCUT2D eigenvalue weighted by molar-refractivity contribution is 7.78. The smallest absolute Gasteiger partial charge is 0.264 e. The lowest BCUT2D eigenvalue weighted by Gasteiger charge is -2.03. The minimum absolute atomic E-state index is 0.143. The first-order valence-electron chi connectivity index (χ1n) is 4.37. The largest absolute Gasteiger partial charge is 0.454 e. The summed E-state index contributed by atoms with van der Waals surface area (Å²) in [5.74, 6) is 0.582. The Morgan fingerprint density at radius 3 is 2.94 bits per heavy atom. The molecule has 16 heavy (non-hydrogen) atoms. The zero-order valence-corrected chi connectivity index (χ0v) is 9.21. The molecular formula is C9H9NO5S. The molecule has 1 aromatic rings.